The Hall–Kier alpha value is -1.07. The number of aliphatic hydroxyl groups excluding tert-OH is 1. The summed E-state index contributed by atoms with van der Waals surface area (Å²) in [5.41, 5.74) is 1.17. The van der Waals surface area contributed by atoms with Crippen molar-refractivity contribution in [3.05, 3.63) is 11.8 Å². The van der Waals surface area contributed by atoms with E-state index in [-0.39, 0.29) is 12.6 Å². The van der Waals surface area contributed by atoms with Crippen molar-refractivity contribution in [3.63, 3.8) is 0 Å². The number of hydrogen-bond acceptors (Lipinski definition) is 3. The topological polar surface area (TPSA) is 55.8 Å². The van der Waals surface area contributed by atoms with Gasteiger partial charge in [-0.2, -0.15) is 0 Å². The molecule has 0 aromatic heterocycles. The first-order chi connectivity index (χ1) is 8.54. The van der Waals surface area contributed by atoms with Crippen molar-refractivity contribution in [2.45, 2.75) is 20.8 Å². The SMILES string of the molecule is C/C(=C\NC(=O)N1CCN(CCO)CC1)C(C)C. The Labute approximate surface area is 109 Å². The molecule has 1 rings (SSSR count). The highest BCUT2D eigenvalue weighted by Crippen LogP contribution is 2.06. The molecule has 1 saturated heterocycles. The van der Waals surface area contributed by atoms with Gasteiger partial charge in [-0.15, -0.1) is 0 Å². The smallest absolute Gasteiger partial charge is 0.321 e. The second kappa shape index (κ2) is 7.38. The standard InChI is InChI=1S/C13H25N3O2/c1-11(2)12(3)10-14-13(18)16-6-4-15(5-7-16)8-9-17/h10-11,17H,4-9H2,1-3H3,(H,14,18)/b12-10+. The van der Waals surface area contributed by atoms with Gasteiger partial charge in [0.25, 0.3) is 0 Å². The molecule has 0 spiro atoms. The van der Waals surface area contributed by atoms with E-state index in [1.165, 1.54) is 5.57 Å². The summed E-state index contributed by atoms with van der Waals surface area (Å²) in [6.07, 6.45) is 1.80. The van der Waals surface area contributed by atoms with E-state index in [0.717, 1.165) is 26.2 Å². The Kier molecular flexibility index (Phi) is 6.15. The molecule has 2 amide bonds. The normalized spacial score (nSPS) is 18.3. The Morgan fingerprint density at radius 2 is 1.94 bits per heavy atom. The minimum atomic E-state index is -0.0290. The number of urea groups is 1. The Morgan fingerprint density at radius 3 is 2.44 bits per heavy atom. The molecule has 0 saturated carbocycles. The van der Waals surface area contributed by atoms with E-state index in [2.05, 4.69) is 24.1 Å². The highest BCUT2D eigenvalue weighted by Gasteiger charge is 2.19. The molecular formula is C13H25N3O2. The van der Waals surface area contributed by atoms with Crippen molar-refractivity contribution >= 4 is 6.03 Å². The third-order valence-corrected chi connectivity index (χ3v) is 3.41. The average Bonchev–Trinajstić information content (AvgIpc) is 2.36. The third-order valence-electron chi connectivity index (χ3n) is 3.41. The van der Waals surface area contributed by atoms with Crippen LogP contribution in [0.1, 0.15) is 20.8 Å². The van der Waals surface area contributed by atoms with Crippen LogP contribution in [0.3, 0.4) is 0 Å². The lowest BCUT2D eigenvalue weighted by Gasteiger charge is -2.34. The van der Waals surface area contributed by atoms with Gasteiger partial charge >= 0.3 is 6.03 Å². The predicted molar refractivity (Wildman–Crippen MR) is 72.2 cm³/mol. The van der Waals surface area contributed by atoms with Crippen molar-refractivity contribution in [2.75, 3.05) is 39.3 Å². The van der Waals surface area contributed by atoms with Gasteiger partial charge in [0.05, 0.1) is 6.61 Å². The van der Waals surface area contributed by atoms with Crippen LogP contribution in [0.4, 0.5) is 4.79 Å². The van der Waals surface area contributed by atoms with Gasteiger partial charge in [0.2, 0.25) is 0 Å². The highest BCUT2D eigenvalue weighted by molar-refractivity contribution is 5.75. The zero-order valence-corrected chi connectivity index (χ0v) is 11.6. The summed E-state index contributed by atoms with van der Waals surface area (Å²) in [5.74, 6) is 0.451. The van der Waals surface area contributed by atoms with Gasteiger partial charge in [0.1, 0.15) is 0 Å². The molecule has 0 aromatic rings. The quantitative estimate of drug-likeness (QED) is 0.783. The van der Waals surface area contributed by atoms with Crippen molar-refractivity contribution in [2.24, 2.45) is 5.92 Å². The van der Waals surface area contributed by atoms with E-state index in [1.54, 1.807) is 6.20 Å². The molecule has 2 N–H and O–H groups in total. The van der Waals surface area contributed by atoms with Gasteiger partial charge in [-0.25, -0.2) is 4.79 Å². The minimum Gasteiger partial charge on any atom is -0.395 e. The van der Waals surface area contributed by atoms with Gasteiger partial charge in [-0.1, -0.05) is 19.4 Å². The molecule has 0 bridgehead atoms. The molecule has 5 heteroatoms. The van der Waals surface area contributed by atoms with Crippen molar-refractivity contribution < 1.29 is 9.90 Å². The molecule has 0 radical (unpaired) electrons. The molecule has 1 aliphatic heterocycles. The highest BCUT2D eigenvalue weighted by atomic mass is 16.3. The maximum Gasteiger partial charge on any atom is 0.321 e. The number of piperazine rings is 1. The number of allylic oxidation sites excluding steroid dienone is 1. The Morgan fingerprint density at radius 1 is 1.33 bits per heavy atom. The molecule has 0 aliphatic carbocycles. The summed E-state index contributed by atoms with van der Waals surface area (Å²) in [5, 5.41) is 11.7. The lowest BCUT2D eigenvalue weighted by molar-refractivity contribution is 0.123. The molecule has 104 valence electrons. The third kappa shape index (κ3) is 4.66. The number of nitrogens with zero attached hydrogens (tertiary/aromatic N) is 2. The second-order valence-electron chi connectivity index (χ2n) is 5.04. The number of aliphatic hydroxyl groups is 1. The van der Waals surface area contributed by atoms with Crippen LogP contribution in [0.5, 0.6) is 0 Å². The number of rotatable bonds is 4. The van der Waals surface area contributed by atoms with Gasteiger partial charge in [0, 0.05) is 38.9 Å². The summed E-state index contributed by atoms with van der Waals surface area (Å²) in [6.45, 7) is 10.2. The lowest BCUT2D eigenvalue weighted by Crippen LogP contribution is -2.51. The van der Waals surface area contributed by atoms with Crippen LogP contribution in [0, 0.1) is 5.92 Å². The van der Waals surface area contributed by atoms with Gasteiger partial charge < -0.3 is 15.3 Å². The summed E-state index contributed by atoms with van der Waals surface area (Å²) in [6, 6.07) is -0.0290. The van der Waals surface area contributed by atoms with Crippen LogP contribution in [0.2, 0.25) is 0 Å². The first-order valence-electron chi connectivity index (χ1n) is 6.60. The fourth-order valence-electron chi connectivity index (χ4n) is 1.75. The molecule has 0 aromatic carbocycles. The summed E-state index contributed by atoms with van der Waals surface area (Å²) in [7, 11) is 0. The van der Waals surface area contributed by atoms with Crippen LogP contribution in [0.25, 0.3) is 0 Å². The number of nitrogens with one attached hydrogen (secondary N) is 1. The van der Waals surface area contributed by atoms with Crippen molar-refractivity contribution in [3.8, 4) is 0 Å². The minimum absolute atomic E-state index is 0.0290. The zero-order chi connectivity index (χ0) is 13.5. The summed E-state index contributed by atoms with van der Waals surface area (Å²) < 4.78 is 0. The first-order valence-corrected chi connectivity index (χ1v) is 6.60. The average molecular weight is 255 g/mol. The predicted octanol–water partition coefficient (Wildman–Crippen LogP) is 0.866. The number of carbonyl (C=O) groups is 1. The maximum absolute atomic E-state index is 11.9. The fraction of sp³-hybridized carbons (Fsp3) is 0.769. The first kappa shape index (κ1) is 15.0. The molecule has 0 unspecified atom stereocenters. The van der Waals surface area contributed by atoms with Gasteiger partial charge in [-0.3, -0.25) is 4.90 Å². The van der Waals surface area contributed by atoms with Crippen LogP contribution >= 0.6 is 0 Å². The summed E-state index contributed by atoms with van der Waals surface area (Å²) >= 11 is 0. The zero-order valence-electron chi connectivity index (χ0n) is 11.6. The number of β-amino-alcohol motifs (C(OH)–C–C–N with tert-alkyl or cyclic N) is 1. The van der Waals surface area contributed by atoms with Crippen molar-refractivity contribution in [1.29, 1.82) is 0 Å². The number of carbonyl (C=O) groups excluding carboxylic acids is 1. The van der Waals surface area contributed by atoms with Crippen LogP contribution < -0.4 is 5.32 Å². The molecular weight excluding hydrogens is 230 g/mol. The molecule has 1 aliphatic rings. The molecule has 1 fully saturated rings. The van der Waals surface area contributed by atoms with E-state index in [1.807, 2.05) is 11.8 Å². The monoisotopic (exact) mass is 255 g/mol. The maximum atomic E-state index is 11.9. The van der Waals surface area contributed by atoms with Crippen LogP contribution in [0.15, 0.2) is 11.8 Å². The number of amides is 2. The molecule has 18 heavy (non-hydrogen) atoms. The molecule has 0 atom stereocenters. The van der Waals surface area contributed by atoms with E-state index in [9.17, 15) is 4.79 Å². The molecule has 5 nitrogen and oxygen atoms in total. The van der Waals surface area contributed by atoms with Crippen LogP contribution in [-0.2, 0) is 0 Å². The van der Waals surface area contributed by atoms with E-state index < -0.39 is 0 Å². The largest absolute Gasteiger partial charge is 0.395 e. The van der Waals surface area contributed by atoms with E-state index in [4.69, 9.17) is 5.11 Å². The Bertz CT molecular complexity index is 295. The fourth-order valence-corrected chi connectivity index (χ4v) is 1.75. The second-order valence-corrected chi connectivity index (χ2v) is 5.04. The summed E-state index contributed by atoms with van der Waals surface area (Å²) in [4.78, 5) is 15.9. The van der Waals surface area contributed by atoms with E-state index >= 15 is 0 Å². The number of hydrogen-bond donors (Lipinski definition) is 2. The Balaban J connectivity index is 2.34. The molecule has 1 heterocycles. The van der Waals surface area contributed by atoms with Crippen molar-refractivity contribution in [1.82, 2.24) is 15.1 Å². The van der Waals surface area contributed by atoms with E-state index in [0.29, 0.717) is 12.5 Å². The van der Waals surface area contributed by atoms with Gasteiger partial charge in [-0.05, 0) is 12.8 Å². The lowest BCUT2D eigenvalue weighted by atomic mass is 10.1. The van der Waals surface area contributed by atoms with Gasteiger partial charge in [0.15, 0.2) is 0 Å². The van der Waals surface area contributed by atoms with Crippen LogP contribution in [-0.4, -0.2) is 60.3 Å².